The van der Waals surface area contributed by atoms with Gasteiger partial charge in [-0.3, -0.25) is 9.59 Å². The van der Waals surface area contributed by atoms with Gasteiger partial charge in [0.15, 0.2) is 0 Å². The van der Waals surface area contributed by atoms with E-state index in [0.717, 1.165) is 30.9 Å². The molecule has 3 rings (SSSR count). The molecule has 9 heteroatoms. The maximum Gasteiger partial charge on any atom is 0.416 e. The van der Waals surface area contributed by atoms with Gasteiger partial charge in [-0.2, -0.15) is 13.2 Å². The molecule has 0 spiro atoms. The number of benzene rings is 2. The summed E-state index contributed by atoms with van der Waals surface area (Å²) in [4.78, 5) is 26.0. The molecule has 30 heavy (non-hydrogen) atoms. The van der Waals surface area contributed by atoms with Gasteiger partial charge < -0.3 is 20.7 Å². The van der Waals surface area contributed by atoms with Crippen molar-refractivity contribution in [1.29, 1.82) is 0 Å². The summed E-state index contributed by atoms with van der Waals surface area (Å²) in [7, 11) is 0. The van der Waals surface area contributed by atoms with Crippen LogP contribution >= 0.6 is 0 Å². The Balaban J connectivity index is 1.59. The third-order valence-electron chi connectivity index (χ3n) is 4.85. The number of anilines is 2. The number of morpholine rings is 1. The van der Waals surface area contributed by atoms with Gasteiger partial charge >= 0.3 is 6.18 Å². The van der Waals surface area contributed by atoms with Crippen LogP contribution in [0.1, 0.15) is 27.9 Å². The summed E-state index contributed by atoms with van der Waals surface area (Å²) in [6.45, 7) is 2.97. The number of nitrogens with two attached hydrogens (primary N) is 1. The molecule has 0 unspecified atom stereocenters. The van der Waals surface area contributed by atoms with Gasteiger partial charge in [0.05, 0.1) is 18.8 Å². The zero-order chi connectivity index (χ0) is 21.7. The highest BCUT2D eigenvalue weighted by molar-refractivity contribution is 5.95. The van der Waals surface area contributed by atoms with Crippen LogP contribution < -0.4 is 16.0 Å². The molecule has 1 aliphatic rings. The molecule has 1 saturated heterocycles. The molecule has 0 radical (unpaired) electrons. The van der Waals surface area contributed by atoms with Gasteiger partial charge in [-0.25, -0.2) is 0 Å². The maximum absolute atomic E-state index is 12.8. The van der Waals surface area contributed by atoms with Crippen LogP contribution in [0.25, 0.3) is 0 Å². The second-order valence-electron chi connectivity index (χ2n) is 6.93. The molecule has 1 aliphatic heterocycles. The first kappa shape index (κ1) is 21.6. The van der Waals surface area contributed by atoms with Crippen LogP contribution in [0.5, 0.6) is 0 Å². The van der Waals surface area contributed by atoms with Crippen molar-refractivity contribution in [2.45, 2.75) is 19.0 Å². The predicted molar refractivity (Wildman–Crippen MR) is 106 cm³/mol. The topological polar surface area (TPSA) is 84.7 Å². The molecule has 0 aliphatic carbocycles. The van der Waals surface area contributed by atoms with Crippen molar-refractivity contribution >= 4 is 23.2 Å². The van der Waals surface area contributed by atoms with Gasteiger partial charge in [0.25, 0.3) is 0 Å². The van der Waals surface area contributed by atoms with Crippen LogP contribution in [0.4, 0.5) is 24.5 Å². The molecule has 0 aromatic heterocycles. The first-order valence-corrected chi connectivity index (χ1v) is 9.46. The van der Waals surface area contributed by atoms with Crippen molar-refractivity contribution in [3.63, 3.8) is 0 Å². The zero-order valence-electron chi connectivity index (χ0n) is 16.2. The molecule has 1 heterocycles. The number of primary amides is 1. The lowest BCUT2D eigenvalue weighted by Crippen LogP contribution is -2.36. The lowest BCUT2D eigenvalue weighted by Gasteiger charge is -2.28. The van der Waals surface area contributed by atoms with E-state index in [-0.39, 0.29) is 24.3 Å². The average molecular weight is 421 g/mol. The third kappa shape index (κ3) is 5.50. The minimum absolute atomic E-state index is 0.00312. The van der Waals surface area contributed by atoms with Gasteiger partial charge in [0, 0.05) is 36.4 Å². The van der Waals surface area contributed by atoms with Gasteiger partial charge in [-0.05, 0) is 48.4 Å². The molecule has 6 nitrogen and oxygen atoms in total. The quantitative estimate of drug-likeness (QED) is 0.750. The fraction of sp³-hybridized carbons (Fsp3) is 0.333. The van der Waals surface area contributed by atoms with Crippen molar-refractivity contribution in [2.24, 2.45) is 5.73 Å². The summed E-state index contributed by atoms with van der Waals surface area (Å²) in [5.41, 5.74) is 5.98. The molecule has 0 saturated carbocycles. The Bertz CT molecular complexity index is 908. The molecule has 3 N–H and O–H groups in total. The smallest absolute Gasteiger partial charge is 0.378 e. The summed E-state index contributed by atoms with van der Waals surface area (Å²) in [6.07, 6.45) is -4.49. The number of carbonyl (C=O) groups excluding carboxylic acids is 2. The van der Waals surface area contributed by atoms with Crippen LogP contribution in [-0.2, 0) is 22.1 Å². The average Bonchev–Trinajstić information content (AvgIpc) is 2.72. The maximum atomic E-state index is 12.8. The van der Waals surface area contributed by atoms with E-state index < -0.39 is 17.6 Å². The van der Waals surface area contributed by atoms with E-state index in [1.54, 1.807) is 12.1 Å². The van der Waals surface area contributed by atoms with Gasteiger partial charge in [-0.15, -0.1) is 0 Å². The van der Waals surface area contributed by atoms with Crippen LogP contribution in [0.3, 0.4) is 0 Å². The molecule has 2 aromatic rings. The minimum Gasteiger partial charge on any atom is -0.378 e. The SMILES string of the molecule is NC(=O)c1cc(C(F)(F)F)ccc1CCC(=O)Nc1ccc(N2CCOCC2)cc1. The number of amides is 2. The van der Waals surface area contributed by atoms with Gasteiger partial charge in [0.2, 0.25) is 11.8 Å². The van der Waals surface area contributed by atoms with Crippen LogP contribution in [0, 0.1) is 0 Å². The highest BCUT2D eigenvalue weighted by atomic mass is 19.4. The van der Waals surface area contributed by atoms with Crippen molar-refractivity contribution in [3.8, 4) is 0 Å². The molecule has 0 atom stereocenters. The lowest BCUT2D eigenvalue weighted by atomic mass is 9.99. The van der Waals surface area contributed by atoms with E-state index in [4.69, 9.17) is 10.5 Å². The Hall–Kier alpha value is -3.07. The lowest BCUT2D eigenvalue weighted by molar-refractivity contribution is -0.137. The number of rotatable bonds is 6. The minimum atomic E-state index is -4.58. The third-order valence-corrected chi connectivity index (χ3v) is 4.85. The Morgan fingerprint density at radius 1 is 1.07 bits per heavy atom. The fourth-order valence-electron chi connectivity index (χ4n) is 3.25. The summed E-state index contributed by atoms with van der Waals surface area (Å²) in [5, 5.41) is 2.75. The number of hydrogen-bond acceptors (Lipinski definition) is 4. The number of ether oxygens (including phenoxy) is 1. The number of halogens is 3. The molecule has 1 fully saturated rings. The molecular formula is C21H22F3N3O3. The Morgan fingerprint density at radius 3 is 2.33 bits per heavy atom. The second kappa shape index (κ2) is 9.17. The number of aryl methyl sites for hydroxylation is 1. The van der Waals surface area contributed by atoms with Gasteiger partial charge in [-0.1, -0.05) is 6.07 Å². The normalized spacial score (nSPS) is 14.4. The number of nitrogens with one attached hydrogen (secondary N) is 1. The first-order valence-electron chi connectivity index (χ1n) is 9.46. The van der Waals surface area contributed by atoms with Gasteiger partial charge in [0.1, 0.15) is 0 Å². The fourth-order valence-corrected chi connectivity index (χ4v) is 3.25. The predicted octanol–water partition coefficient (Wildman–Crippen LogP) is 3.21. The summed E-state index contributed by atoms with van der Waals surface area (Å²) in [5.74, 6) is -1.28. The van der Waals surface area contributed by atoms with E-state index >= 15 is 0 Å². The summed E-state index contributed by atoms with van der Waals surface area (Å²) < 4.78 is 43.8. The molecular weight excluding hydrogens is 399 g/mol. The number of hydrogen-bond donors (Lipinski definition) is 2. The van der Waals surface area contributed by atoms with Crippen molar-refractivity contribution in [2.75, 3.05) is 36.5 Å². The standard InChI is InChI=1S/C21H22F3N3O3/c22-21(23,24)15-3-1-14(18(13-15)20(25)29)2-8-19(28)26-16-4-6-17(7-5-16)27-9-11-30-12-10-27/h1,3-7,13H,2,8-12H2,(H2,25,29)(H,26,28). The van der Waals surface area contributed by atoms with Crippen molar-refractivity contribution in [3.05, 3.63) is 59.2 Å². The first-order chi connectivity index (χ1) is 14.2. The number of alkyl halides is 3. The Labute approximate surface area is 171 Å². The highest BCUT2D eigenvalue weighted by Gasteiger charge is 2.31. The highest BCUT2D eigenvalue weighted by Crippen LogP contribution is 2.31. The number of carbonyl (C=O) groups is 2. The van der Waals surface area contributed by atoms with E-state index in [1.807, 2.05) is 12.1 Å². The summed E-state index contributed by atoms with van der Waals surface area (Å²) in [6, 6.07) is 10.2. The number of nitrogens with zero attached hydrogens (tertiary/aromatic N) is 1. The van der Waals surface area contributed by atoms with Crippen LogP contribution in [-0.4, -0.2) is 38.1 Å². The zero-order valence-corrected chi connectivity index (χ0v) is 16.2. The summed E-state index contributed by atoms with van der Waals surface area (Å²) >= 11 is 0. The second-order valence-corrected chi connectivity index (χ2v) is 6.93. The molecule has 0 bridgehead atoms. The van der Waals surface area contributed by atoms with Crippen LogP contribution in [0.2, 0.25) is 0 Å². The van der Waals surface area contributed by atoms with E-state index in [2.05, 4.69) is 10.2 Å². The van der Waals surface area contributed by atoms with E-state index in [1.165, 1.54) is 6.07 Å². The Morgan fingerprint density at radius 2 is 1.73 bits per heavy atom. The monoisotopic (exact) mass is 421 g/mol. The molecule has 2 aromatic carbocycles. The van der Waals surface area contributed by atoms with E-state index in [9.17, 15) is 22.8 Å². The van der Waals surface area contributed by atoms with Crippen molar-refractivity contribution in [1.82, 2.24) is 0 Å². The van der Waals surface area contributed by atoms with Crippen LogP contribution in [0.15, 0.2) is 42.5 Å². The largest absolute Gasteiger partial charge is 0.416 e. The van der Waals surface area contributed by atoms with E-state index in [0.29, 0.717) is 24.5 Å². The van der Waals surface area contributed by atoms with Crippen molar-refractivity contribution < 1.29 is 27.5 Å². The Kier molecular flexibility index (Phi) is 6.61. The molecule has 2 amide bonds. The molecule has 160 valence electrons.